The summed E-state index contributed by atoms with van der Waals surface area (Å²) in [5.74, 6) is 0.0701. The molecule has 0 atom stereocenters. The number of amides is 1. The molecular formula is C14H20ClFN4O. The summed E-state index contributed by atoms with van der Waals surface area (Å²) in [4.78, 5) is 14.4. The maximum atomic E-state index is 12.6. The van der Waals surface area contributed by atoms with Crippen LogP contribution in [0.5, 0.6) is 0 Å². The van der Waals surface area contributed by atoms with Gasteiger partial charge >= 0.3 is 0 Å². The Morgan fingerprint density at radius 2 is 2.29 bits per heavy atom. The summed E-state index contributed by atoms with van der Waals surface area (Å²) >= 11 is 0. The van der Waals surface area contributed by atoms with E-state index in [1.165, 1.54) is 6.42 Å². The lowest BCUT2D eigenvalue weighted by Crippen LogP contribution is -2.47. The molecule has 1 aromatic heterocycles. The van der Waals surface area contributed by atoms with Crippen LogP contribution in [-0.4, -0.2) is 39.7 Å². The highest BCUT2D eigenvalue weighted by molar-refractivity contribution is 5.96. The number of carbonyl (C=O) groups is 1. The minimum absolute atomic E-state index is 0. The average molecular weight is 315 g/mol. The van der Waals surface area contributed by atoms with Crippen molar-refractivity contribution in [1.29, 1.82) is 0 Å². The number of nitrogens with two attached hydrogens (primary N) is 1. The van der Waals surface area contributed by atoms with Crippen molar-refractivity contribution in [3.05, 3.63) is 29.4 Å². The van der Waals surface area contributed by atoms with E-state index in [-0.39, 0.29) is 24.9 Å². The first-order valence-electron chi connectivity index (χ1n) is 7.08. The number of aromatic nitrogens is 2. The number of carbonyl (C=O) groups excluding carboxylic acids is 1. The molecule has 2 heterocycles. The Morgan fingerprint density at radius 1 is 1.52 bits per heavy atom. The summed E-state index contributed by atoms with van der Waals surface area (Å²) in [6.45, 7) is 1.20. The van der Waals surface area contributed by atoms with Crippen molar-refractivity contribution in [3.8, 4) is 0 Å². The number of halogens is 2. The van der Waals surface area contributed by atoms with Crippen molar-refractivity contribution in [3.63, 3.8) is 0 Å². The number of nitrogens with zero attached hydrogens (tertiary/aromatic N) is 3. The summed E-state index contributed by atoms with van der Waals surface area (Å²) in [6.07, 6.45) is 6.45. The van der Waals surface area contributed by atoms with E-state index in [1.54, 1.807) is 10.9 Å². The lowest BCUT2D eigenvalue weighted by molar-refractivity contribution is 0.0559. The Labute approximate surface area is 129 Å². The van der Waals surface area contributed by atoms with Gasteiger partial charge in [-0.2, -0.15) is 5.10 Å². The maximum absolute atomic E-state index is 12.6. The van der Waals surface area contributed by atoms with Gasteiger partial charge in [0.1, 0.15) is 0 Å². The smallest absolute Gasteiger partial charge is 0.257 e. The molecule has 0 bridgehead atoms. The summed E-state index contributed by atoms with van der Waals surface area (Å²) < 4.78 is 14.2. The molecule has 0 spiro atoms. The first kappa shape index (κ1) is 16.0. The summed E-state index contributed by atoms with van der Waals surface area (Å²) in [7, 11) is 0. The van der Waals surface area contributed by atoms with Crippen LogP contribution in [0.15, 0.2) is 18.1 Å². The van der Waals surface area contributed by atoms with E-state index in [1.807, 2.05) is 4.90 Å². The molecule has 0 radical (unpaired) electrons. The van der Waals surface area contributed by atoms with Crippen LogP contribution in [0.3, 0.4) is 0 Å². The quantitative estimate of drug-likeness (QED) is 0.919. The molecule has 7 heteroatoms. The zero-order valence-electron chi connectivity index (χ0n) is 11.8. The molecule has 21 heavy (non-hydrogen) atoms. The molecule has 1 amide bonds. The molecule has 3 rings (SSSR count). The predicted octanol–water partition coefficient (Wildman–Crippen LogP) is 1.67. The highest BCUT2D eigenvalue weighted by Gasteiger charge is 2.34. The Kier molecular flexibility index (Phi) is 5.00. The number of fused-ring (bicyclic) bond motifs is 1. The molecule has 0 unspecified atom stereocenters. The summed E-state index contributed by atoms with van der Waals surface area (Å²) in [5.41, 5.74) is 7.39. The Bertz CT molecular complexity index is 553. The fraction of sp³-hybridized carbons (Fsp3) is 0.571. The number of hydrogen-bond donors (Lipinski definition) is 1. The zero-order chi connectivity index (χ0) is 14.1. The lowest BCUT2D eigenvalue weighted by Gasteiger charge is -2.39. The minimum atomic E-state index is 0. The fourth-order valence-electron chi connectivity index (χ4n) is 2.79. The van der Waals surface area contributed by atoms with E-state index in [0.717, 1.165) is 31.5 Å². The Hall–Kier alpha value is -1.40. The van der Waals surface area contributed by atoms with Crippen LogP contribution in [-0.2, 0) is 13.0 Å². The van der Waals surface area contributed by atoms with Gasteiger partial charge in [-0.25, -0.2) is 4.39 Å². The Balaban J connectivity index is 0.00000161. The number of rotatable bonds is 4. The molecule has 2 aliphatic rings. The second kappa shape index (κ2) is 6.58. The largest absolute Gasteiger partial charge is 0.335 e. The molecule has 0 aromatic carbocycles. The molecule has 1 saturated carbocycles. The molecule has 1 aromatic rings. The third-order valence-electron chi connectivity index (χ3n) is 4.22. The van der Waals surface area contributed by atoms with Gasteiger partial charge < -0.3 is 10.6 Å². The summed E-state index contributed by atoms with van der Waals surface area (Å²) in [6, 6.07) is 0.407. The van der Waals surface area contributed by atoms with Gasteiger partial charge in [0, 0.05) is 31.7 Å². The second-order valence-corrected chi connectivity index (χ2v) is 5.49. The molecule has 0 saturated heterocycles. The van der Waals surface area contributed by atoms with Crippen molar-refractivity contribution >= 4 is 18.3 Å². The monoisotopic (exact) mass is 314 g/mol. The van der Waals surface area contributed by atoms with Crippen molar-refractivity contribution in [1.82, 2.24) is 14.7 Å². The molecule has 1 aliphatic heterocycles. The molecular weight excluding hydrogens is 295 g/mol. The fourth-order valence-corrected chi connectivity index (χ4v) is 2.79. The van der Waals surface area contributed by atoms with E-state index >= 15 is 0 Å². The van der Waals surface area contributed by atoms with Gasteiger partial charge in [0.05, 0.1) is 24.1 Å². The highest BCUT2D eigenvalue weighted by atomic mass is 35.5. The van der Waals surface area contributed by atoms with Crippen LogP contribution in [0, 0.1) is 0 Å². The average Bonchev–Trinajstić information content (AvgIpc) is 2.81. The van der Waals surface area contributed by atoms with Crippen LogP contribution < -0.4 is 5.73 Å². The minimum Gasteiger partial charge on any atom is -0.335 e. The molecule has 1 fully saturated rings. The van der Waals surface area contributed by atoms with E-state index in [2.05, 4.69) is 5.10 Å². The standard InChI is InChI=1S/C14H19FN4O.ClH/c15-6-10(7-16)8-18-9-12-13(17-18)4-5-19(14(12)20)11-2-1-3-11;/h6,9,11H,1-5,7-8,16H2;1H. The normalized spacial score (nSPS) is 19.0. The van der Waals surface area contributed by atoms with E-state index < -0.39 is 0 Å². The second-order valence-electron chi connectivity index (χ2n) is 5.49. The van der Waals surface area contributed by atoms with Gasteiger partial charge in [-0.05, 0) is 24.8 Å². The lowest BCUT2D eigenvalue weighted by atomic mass is 9.89. The van der Waals surface area contributed by atoms with Crippen molar-refractivity contribution in [2.24, 2.45) is 5.73 Å². The zero-order valence-corrected chi connectivity index (χ0v) is 12.6. The van der Waals surface area contributed by atoms with Crippen LogP contribution in [0.2, 0.25) is 0 Å². The van der Waals surface area contributed by atoms with Gasteiger partial charge in [-0.1, -0.05) is 0 Å². The summed E-state index contributed by atoms with van der Waals surface area (Å²) in [5, 5.41) is 4.38. The first-order valence-corrected chi connectivity index (χ1v) is 7.08. The Morgan fingerprint density at radius 3 is 2.86 bits per heavy atom. The van der Waals surface area contributed by atoms with Gasteiger partial charge in [0.25, 0.3) is 5.91 Å². The predicted molar refractivity (Wildman–Crippen MR) is 80.1 cm³/mol. The third kappa shape index (κ3) is 2.96. The van der Waals surface area contributed by atoms with E-state index in [4.69, 9.17) is 5.73 Å². The maximum Gasteiger partial charge on any atom is 0.257 e. The molecule has 2 N–H and O–H groups in total. The molecule has 5 nitrogen and oxygen atoms in total. The van der Waals surface area contributed by atoms with Crippen LogP contribution in [0.1, 0.15) is 35.3 Å². The van der Waals surface area contributed by atoms with Crippen LogP contribution in [0.4, 0.5) is 4.39 Å². The van der Waals surface area contributed by atoms with Gasteiger partial charge in [0.2, 0.25) is 0 Å². The van der Waals surface area contributed by atoms with E-state index in [0.29, 0.717) is 30.1 Å². The molecule has 116 valence electrons. The van der Waals surface area contributed by atoms with Crippen molar-refractivity contribution in [2.45, 2.75) is 38.3 Å². The van der Waals surface area contributed by atoms with Crippen molar-refractivity contribution < 1.29 is 9.18 Å². The van der Waals surface area contributed by atoms with Gasteiger partial charge in [0.15, 0.2) is 0 Å². The van der Waals surface area contributed by atoms with Crippen LogP contribution >= 0.6 is 12.4 Å². The topological polar surface area (TPSA) is 64.2 Å². The van der Waals surface area contributed by atoms with Crippen molar-refractivity contribution in [2.75, 3.05) is 13.1 Å². The third-order valence-corrected chi connectivity index (χ3v) is 4.22. The SMILES string of the molecule is Cl.NCC(=CF)Cn1cc2c(n1)CCN(C1CCC1)C2=O. The van der Waals surface area contributed by atoms with Crippen LogP contribution in [0.25, 0.3) is 0 Å². The highest BCUT2D eigenvalue weighted by Crippen LogP contribution is 2.29. The number of hydrogen-bond acceptors (Lipinski definition) is 3. The van der Waals surface area contributed by atoms with E-state index in [9.17, 15) is 9.18 Å². The van der Waals surface area contributed by atoms with Gasteiger partial charge in [-0.15, -0.1) is 12.4 Å². The van der Waals surface area contributed by atoms with Gasteiger partial charge in [-0.3, -0.25) is 9.48 Å². The first-order chi connectivity index (χ1) is 9.72. The molecule has 1 aliphatic carbocycles.